The first-order valence-corrected chi connectivity index (χ1v) is 4.87. The number of aromatic nitrogens is 1. The zero-order valence-electron chi connectivity index (χ0n) is 7.39. The summed E-state index contributed by atoms with van der Waals surface area (Å²) in [5.41, 5.74) is 1.48. The molecule has 0 saturated heterocycles. The second kappa shape index (κ2) is 3.67. The van der Waals surface area contributed by atoms with Gasteiger partial charge in [0.15, 0.2) is 0 Å². The zero-order valence-corrected chi connectivity index (χ0v) is 8.21. The van der Waals surface area contributed by atoms with Gasteiger partial charge < -0.3 is 10.3 Å². The summed E-state index contributed by atoms with van der Waals surface area (Å²) in [6.07, 6.45) is 1.95. The molecule has 0 atom stereocenters. The summed E-state index contributed by atoms with van der Waals surface area (Å²) < 4.78 is 0. The third-order valence-electron chi connectivity index (χ3n) is 1.60. The van der Waals surface area contributed by atoms with E-state index < -0.39 is 0 Å². The Morgan fingerprint density at radius 1 is 1.58 bits per heavy atom. The van der Waals surface area contributed by atoms with Gasteiger partial charge in [0.25, 0.3) is 5.56 Å². The van der Waals surface area contributed by atoms with Crippen molar-refractivity contribution in [3.8, 4) is 0 Å². The number of hydrogen-bond acceptors (Lipinski definition) is 3. The number of pyridine rings is 1. The fourth-order valence-corrected chi connectivity index (χ4v) is 1.75. The summed E-state index contributed by atoms with van der Waals surface area (Å²) in [7, 11) is 1.75. The molecule has 1 aromatic heterocycles. The molecular weight excluding hydrogens is 172 g/mol. The molecule has 3 nitrogen and oxygen atoms in total. The highest BCUT2D eigenvalue weighted by Crippen LogP contribution is 2.21. The van der Waals surface area contributed by atoms with Crippen LogP contribution in [0.2, 0.25) is 0 Å². The third-order valence-corrected chi connectivity index (χ3v) is 2.36. The Morgan fingerprint density at radius 3 is 2.75 bits per heavy atom. The van der Waals surface area contributed by atoms with Gasteiger partial charge in [-0.1, -0.05) is 0 Å². The van der Waals surface area contributed by atoms with Crippen LogP contribution in [0.1, 0.15) is 5.69 Å². The molecule has 0 fully saturated rings. The Morgan fingerprint density at radius 2 is 2.25 bits per heavy atom. The first-order chi connectivity index (χ1) is 5.69. The highest BCUT2D eigenvalue weighted by atomic mass is 32.2. The summed E-state index contributed by atoms with van der Waals surface area (Å²) in [6.45, 7) is 1.88. The highest BCUT2D eigenvalue weighted by molar-refractivity contribution is 7.98. The Hall–Kier alpha value is -0.900. The number of aromatic amines is 1. The molecule has 1 heterocycles. The van der Waals surface area contributed by atoms with Gasteiger partial charge in [0.1, 0.15) is 5.69 Å². The monoisotopic (exact) mass is 184 g/mol. The molecule has 0 aliphatic carbocycles. The van der Waals surface area contributed by atoms with Crippen LogP contribution in [0.15, 0.2) is 15.8 Å². The Bertz CT molecular complexity index is 332. The van der Waals surface area contributed by atoms with Gasteiger partial charge in [0, 0.05) is 17.6 Å². The molecule has 2 N–H and O–H groups in total. The first-order valence-electron chi connectivity index (χ1n) is 3.64. The van der Waals surface area contributed by atoms with Crippen molar-refractivity contribution in [2.45, 2.75) is 11.8 Å². The lowest BCUT2D eigenvalue weighted by Crippen LogP contribution is -2.13. The van der Waals surface area contributed by atoms with Crippen molar-refractivity contribution in [1.82, 2.24) is 4.98 Å². The topological polar surface area (TPSA) is 44.9 Å². The SMILES string of the molecule is CNc1c(SC)cc(C)[nH]c1=O. The van der Waals surface area contributed by atoms with Gasteiger partial charge in [-0.15, -0.1) is 11.8 Å². The van der Waals surface area contributed by atoms with E-state index in [4.69, 9.17) is 0 Å². The minimum absolute atomic E-state index is 0.0538. The number of nitrogens with one attached hydrogen (secondary N) is 2. The van der Waals surface area contributed by atoms with Gasteiger partial charge in [-0.05, 0) is 19.2 Å². The lowest BCUT2D eigenvalue weighted by atomic mass is 10.3. The van der Waals surface area contributed by atoms with Crippen molar-refractivity contribution >= 4 is 17.4 Å². The highest BCUT2D eigenvalue weighted by Gasteiger charge is 2.04. The van der Waals surface area contributed by atoms with Crippen LogP contribution in [0.3, 0.4) is 0 Å². The van der Waals surface area contributed by atoms with Crippen molar-refractivity contribution in [2.75, 3.05) is 18.6 Å². The van der Waals surface area contributed by atoms with E-state index in [1.165, 1.54) is 0 Å². The molecule has 1 rings (SSSR count). The molecule has 0 spiro atoms. The van der Waals surface area contributed by atoms with Crippen molar-refractivity contribution in [3.63, 3.8) is 0 Å². The maximum atomic E-state index is 11.3. The molecular formula is C8H12N2OS. The maximum absolute atomic E-state index is 11.3. The second-order valence-electron chi connectivity index (χ2n) is 2.47. The summed E-state index contributed by atoms with van der Waals surface area (Å²) in [6, 6.07) is 1.96. The summed E-state index contributed by atoms with van der Waals surface area (Å²) in [4.78, 5) is 15.0. The van der Waals surface area contributed by atoms with Crippen molar-refractivity contribution in [1.29, 1.82) is 0 Å². The van der Waals surface area contributed by atoms with Gasteiger partial charge in [0.2, 0.25) is 0 Å². The number of aryl methyl sites for hydroxylation is 1. The van der Waals surface area contributed by atoms with Crippen molar-refractivity contribution in [2.24, 2.45) is 0 Å². The second-order valence-corrected chi connectivity index (χ2v) is 3.32. The van der Waals surface area contributed by atoms with Gasteiger partial charge in [0.05, 0.1) is 0 Å². The minimum atomic E-state index is -0.0538. The van der Waals surface area contributed by atoms with Gasteiger partial charge in [-0.2, -0.15) is 0 Å². The number of anilines is 1. The van der Waals surface area contributed by atoms with E-state index in [0.29, 0.717) is 5.69 Å². The summed E-state index contributed by atoms with van der Waals surface area (Å²) >= 11 is 1.57. The van der Waals surface area contributed by atoms with E-state index in [1.807, 2.05) is 19.2 Å². The standard InChI is InChI=1S/C8H12N2OS/c1-5-4-6(12-3)7(9-2)8(11)10-5/h4,9H,1-3H3,(H,10,11). The minimum Gasteiger partial charge on any atom is -0.383 e. The van der Waals surface area contributed by atoms with Crippen LogP contribution >= 0.6 is 11.8 Å². The predicted molar refractivity (Wildman–Crippen MR) is 53.1 cm³/mol. The van der Waals surface area contributed by atoms with Crippen LogP contribution in [-0.4, -0.2) is 18.3 Å². The van der Waals surface area contributed by atoms with Crippen LogP contribution in [-0.2, 0) is 0 Å². The molecule has 66 valence electrons. The first kappa shape index (κ1) is 9.19. The number of rotatable bonds is 2. The van der Waals surface area contributed by atoms with Crippen LogP contribution in [0.4, 0.5) is 5.69 Å². The Labute approximate surface area is 75.6 Å². The average Bonchev–Trinajstić information content (AvgIpc) is 2.03. The summed E-state index contributed by atoms with van der Waals surface area (Å²) in [5, 5.41) is 2.88. The van der Waals surface area contributed by atoms with Crippen LogP contribution in [0.25, 0.3) is 0 Å². The van der Waals surface area contributed by atoms with Crippen molar-refractivity contribution < 1.29 is 0 Å². The van der Waals surface area contributed by atoms with Crippen LogP contribution < -0.4 is 10.9 Å². The van der Waals surface area contributed by atoms with Gasteiger partial charge >= 0.3 is 0 Å². The predicted octanol–water partition coefficient (Wildman–Crippen LogP) is 1.45. The van der Waals surface area contributed by atoms with Gasteiger partial charge in [-0.25, -0.2) is 0 Å². The van der Waals surface area contributed by atoms with Crippen LogP contribution in [0, 0.1) is 6.92 Å². The number of thioether (sulfide) groups is 1. The summed E-state index contributed by atoms with van der Waals surface area (Å²) in [5.74, 6) is 0. The van der Waals surface area contributed by atoms with E-state index in [2.05, 4.69) is 10.3 Å². The fourth-order valence-electron chi connectivity index (χ4n) is 1.06. The molecule has 0 unspecified atom stereocenters. The molecule has 4 heteroatoms. The number of hydrogen-bond donors (Lipinski definition) is 2. The third kappa shape index (κ3) is 1.64. The Kier molecular flexibility index (Phi) is 2.81. The number of H-pyrrole nitrogens is 1. The molecule has 12 heavy (non-hydrogen) atoms. The molecule has 1 aromatic rings. The molecule has 0 amide bonds. The quantitative estimate of drug-likeness (QED) is 0.684. The van der Waals surface area contributed by atoms with Crippen molar-refractivity contribution in [3.05, 3.63) is 22.1 Å². The lowest BCUT2D eigenvalue weighted by molar-refractivity contribution is 1.10. The zero-order chi connectivity index (χ0) is 9.14. The van der Waals surface area contributed by atoms with E-state index in [9.17, 15) is 4.79 Å². The van der Waals surface area contributed by atoms with Gasteiger partial charge in [-0.3, -0.25) is 4.79 Å². The van der Waals surface area contributed by atoms with E-state index in [1.54, 1.807) is 18.8 Å². The van der Waals surface area contributed by atoms with Crippen LogP contribution in [0.5, 0.6) is 0 Å². The normalized spacial score (nSPS) is 9.92. The van der Waals surface area contributed by atoms with E-state index in [-0.39, 0.29) is 5.56 Å². The molecule has 0 radical (unpaired) electrons. The molecule has 0 aliphatic rings. The smallest absolute Gasteiger partial charge is 0.272 e. The van der Waals surface area contributed by atoms with E-state index in [0.717, 1.165) is 10.6 Å². The fraction of sp³-hybridized carbons (Fsp3) is 0.375. The average molecular weight is 184 g/mol. The van der Waals surface area contributed by atoms with E-state index >= 15 is 0 Å². The molecule has 0 saturated carbocycles. The Balaban J connectivity index is 3.34. The largest absolute Gasteiger partial charge is 0.383 e. The molecule has 0 aromatic carbocycles. The molecule has 0 bridgehead atoms. The maximum Gasteiger partial charge on any atom is 0.272 e. The molecule has 0 aliphatic heterocycles. The lowest BCUT2D eigenvalue weighted by Gasteiger charge is -2.05.